The molecule has 8 nitrogen and oxygen atoms in total. The molecule has 3 amide bonds. The van der Waals surface area contributed by atoms with Gasteiger partial charge in [-0.25, -0.2) is 4.79 Å². The molecule has 0 saturated carbocycles. The van der Waals surface area contributed by atoms with Crippen molar-refractivity contribution in [3.05, 3.63) is 29.8 Å². The van der Waals surface area contributed by atoms with Crippen LogP contribution in [0.4, 0.5) is 18.0 Å². The van der Waals surface area contributed by atoms with Crippen LogP contribution in [0.3, 0.4) is 0 Å². The molecule has 24 heavy (non-hydrogen) atoms. The first kappa shape index (κ1) is 17.4. The molecule has 1 aromatic carbocycles. The predicted molar refractivity (Wildman–Crippen MR) is 75.6 cm³/mol. The Morgan fingerprint density at radius 2 is 2.00 bits per heavy atom. The molecule has 0 saturated heterocycles. The van der Waals surface area contributed by atoms with Gasteiger partial charge in [0.2, 0.25) is 5.82 Å². The van der Waals surface area contributed by atoms with Crippen molar-refractivity contribution in [3.8, 4) is 11.4 Å². The van der Waals surface area contributed by atoms with Crippen molar-refractivity contribution in [2.75, 3.05) is 7.05 Å². The molecule has 0 aliphatic heterocycles. The van der Waals surface area contributed by atoms with Gasteiger partial charge in [-0.05, 0) is 24.3 Å². The quantitative estimate of drug-likeness (QED) is 0.877. The van der Waals surface area contributed by atoms with Gasteiger partial charge in [-0.3, -0.25) is 10.1 Å². The summed E-state index contributed by atoms with van der Waals surface area (Å²) in [6, 6.07) is 2.75. The molecule has 1 heterocycles. The van der Waals surface area contributed by atoms with E-state index < -0.39 is 29.7 Å². The average molecular weight is 342 g/mol. The zero-order chi connectivity index (χ0) is 17.9. The number of hydrogen-bond donors (Lipinski definition) is 2. The summed E-state index contributed by atoms with van der Waals surface area (Å²) in [5.74, 6) is -0.761. The molecular weight excluding hydrogens is 329 g/mol. The number of halogens is 3. The largest absolute Gasteiger partial charge is 0.416 e. The number of aromatic nitrogens is 4. The normalized spacial score (nSPS) is 12.5. The fourth-order valence-corrected chi connectivity index (χ4v) is 1.72. The summed E-state index contributed by atoms with van der Waals surface area (Å²) in [7, 11) is 1.34. The van der Waals surface area contributed by atoms with E-state index in [1.165, 1.54) is 26.1 Å². The van der Waals surface area contributed by atoms with Gasteiger partial charge >= 0.3 is 12.2 Å². The van der Waals surface area contributed by atoms with Crippen LogP contribution in [0.5, 0.6) is 0 Å². The Labute approximate surface area is 134 Å². The number of amides is 3. The van der Waals surface area contributed by atoms with Crippen LogP contribution in [0, 0.1) is 0 Å². The molecule has 1 atom stereocenters. The van der Waals surface area contributed by atoms with E-state index in [4.69, 9.17) is 0 Å². The minimum Gasteiger partial charge on any atom is -0.341 e. The average Bonchev–Trinajstić information content (AvgIpc) is 3.03. The highest BCUT2D eigenvalue weighted by molar-refractivity contribution is 5.95. The minimum absolute atomic E-state index is 0.0688. The van der Waals surface area contributed by atoms with Crippen molar-refractivity contribution in [1.82, 2.24) is 30.8 Å². The number of hydrogen-bond acceptors (Lipinski definition) is 5. The molecular formula is C13H13F3N6O2. The Balaban J connectivity index is 2.22. The van der Waals surface area contributed by atoms with Crippen molar-refractivity contribution in [1.29, 1.82) is 0 Å². The highest BCUT2D eigenvalue weighted by Crippen LogP contribution is 2.31. The maximum absolute atomic E-state index is 12.7. The van der Waals surface area contributed by atoms with Crippen molar-refractivity contribution < 1.29 is 22.8 Å². The van der Waals surface area contributed by atoms with Crippen LogP contribution in [0.15, 0.2) is 24.3 Å². The number of carbonyl (C=O) groups excluding carboxylic acids is 2. The first-order chi connectivity index (χ1) is 11.2. The Bertz CT molecular complexity index is 758. The molecule has 0 aliphatic rings. The highest BCUT2D eigenvalue weighted by atomic mass is 19.4. The van der Waals surface area contributed by atoms with Gasteiger partial charge in [0, 0.05) is 12.6 Å². The van der Waals surface area contributed by atoms with Crippen molar-refractivity contribution in [2.24, 2.45) is 0 Å². The Morgan fingerprint density at radius 1 is 1.29 bits per heavy atom. The van der Waals surface area contributed by atoms with Gasteiger partial charge in [-0.15, -0.1) is 10.2 Å². The first-order valence-corrected chi connectivity index (χ1v) is 6.72. The van der Waals surface area contributed by atoms with Crippen molar-refractivity contribution in [3.63, 3.8) is 0 Å². The molecule has 2 rings (SSSR count). The smallest absolute Gasteiger partial charge is 0.341 e. The van der Waals surface area contributed by atoms with Gasteiger partial charge in [-0.2, -0.15) is 18.0 Å². The lowest BCUT2D eigenvalue weighted by atomic mass is 10.1. The van der Waals surface area contributed by atoms with E-state index in [1.54, 1.807) is 0 Å². The standard InChI is InChI=1S/C13H13F3N6O2/c1-7(11(23)18-12(24)17-2)22-20-10(19-21-22)8-4-3-5-9(6-8)13(14,15)16/h3-7H,1-2H3,(H2,17,18,23,24). The second-order valence-electron chi connectivity index (χ2n) is 4.76. The van der Waals surface area contributed by atoms with E-state index in [-0.39, 0.29) is 11.4 Å². The fourth-order valence-electron chi connectivity index (χ4n) is 1.72. The lowest BCUT2D eigenvalue weighted by Crippen LogP contribution is -2.41. The number of benzene rings is 1. The maximum Gasteiger partial charge on any atom is 0.416 e. The van der Waals surface area contributed by atoms with E-state index in [1.807, 2.05) is 5.32 Å². The third-order valence-electron chi connectivity index (χ3n) is 3.07. The molecule has 1 unspecified atom stereocenters. The maximum atomic E-state index is 12.7. The number of rotatable bonds is 3. The number of nitrogens with one attached hydrogen (secondary N) is 2. The fraction of sp³-hybridized carbons (Fsp3) is 0.308. The summed E-state index contributed by atoms with van der Waals surface area (Å²) in [5.41, 5.74) is -0.739. The summed E-state index contributed by atoms with van der Waals surface area (Å²) < 4.78 is 38.2. The zero-order valence-corrected chi connectivity index (χ0v) is 12.6. The zero-order valence-electron chi connectivity index (χ0n) is 12.6. The van der Waals surface area contributed by atoms with E-state index in [9.17, 15) is 22.8 Å². The predicted octanol–water partition coefficient (Wildman–Crippen LogP) is 1.38. The van der Waals surface area contributed by atoms with Gasteiger partial charge in [-0.1, -0.05) is 12.1 Å². The second-order valence-corrected chi connectivity index (χ2v) is 4.76. The molecule has 128 valence electrons. The SMILES string of the molecule is CNC(=O)NC(=O)C(C)n1nnc(-c2cccc(C(F)(F)F)c2)n1. The van der Waals surface area contributed by atoms with Crippen LogP contribution in [-0.2, 0) is 11.0 Å². The third kappa shape index (κ3) is 3.86. The summed E-state index contributed by atoms with van der Waals surface area (Å²) in [4.78, 5) is 23.8. The topological polar surface area (TPSA) is 102 Å². The van der Waals surface area contributed by atoms with Gasteiger partial charge < -0.3 is 5.32 Å². The molecule has 2 aromatic rings. The molecule has 0 bridgehead atoms. The number of alkyl halides is 3. The van der Waals surface area contributed by atoms with E-state index in [0.29, 0.717) is 0 Å². The molecule has 1 aromatic heterocycles. The van der Waals surface area contributed by atoms with Gasteiger partial charge in [0.15, 0.2) is 0 Å². The number of nitrogens with zero attached hydrogens (tertiary/aromatic N) is 4. The Morgan fingerprint density at radius 3 is 2.62 bits per heavy atom. The van der Waals surface area contributed by atoms with Crippen LogP contribution in [0.2, 0.25) is 0 Å². The molecule has 0 spiro atoms. The molecule has 0 radical (unpaired) electrons. The Hall–Kier alpha value is -2.98. The minimum atomic E-state index is -4.49. The summed E-state index contributed by atoms with van der Waals surface area (Å²) in [6.45, 7) is 1.41. The van der Waals surface area contributed by atoms with Gasteiger partial charge in [0.05, 0.1) is 5.56 Å². The summed E-state index contributed by atoms with van der Waals surface area (Å²) in [6.07, 6.45) is -4.49. The van der Waals surface area contributed by atoms with Crippen molar-refractivity contribution in [2.45, 2.75) is 19.1 Å². The molecule has 0 fully saturated rings. The van der Waals surface area contributed by atoms with Crippen LogP contribution >= 0.6 is 0 Å². The van der Waals surface area contributed by atoms with Gasteiger partial charge in [0.25, 0.3) is 5.91 Å². The number of imide groups is 1. The summed E-state index contributed by atoms with van der Waals surface area (Å²) >= 11 is 0. The van der Waals surface area contributed by atoms with Crippen molar-refractivity contribution >= 4 is 11.9 Å². The Kier molecular flexibility index (Phi) is 4.81. The second kappa shape index (κ2) is 6.64. The van der Waals surface area contributed by atoms with E-state index in [0.717, 1.165) is 16.9 Å². The molecule has 11 heteroatoms. The van der Waals surface area contributed by atoms with Gasteiger partial charge in [0.1, 0.15) is 6.04 Å². The van der Waals surface area contributed by atoms with Crippen LogP contribution < -0.4 is 10.6 Å². The highest BCUT2D eigenvalue weighted by Gasteiger charge is 2.31. The lowest BCUT2D eigenvalue weighted by molar-refractivity contribution is -0.137. The van der Waals surface area contributed by atoms with Crippen LogP contribution in [0.1, 0.15) is 18.5 Å². The lowest BCUT2D eigenvalue weighted by Gasteiger charge is -2.09. The summed E-state index contributed by atoms with van der Waals surface area (Å²) in [5, 5.41) is 15.4. The number of carbonyl (C=O) groups is 2. The number of urea groups is 1. The van der Waals surface area contributed by atoms with Crippen LogP contribution in [-0.4, -0.2) is 39.2 Å². The monoisotopic (exact) mass is 342 g/mol. The molecule has 2 N–H and O–H groups in total. The first-order valence-electron chi connectivity index (χ1n) is 6.72. The third-order valence-corrected chi connectivity index (χ3v) is 3.07. The number of tetrazole rings is 1. The van der Waals surface area contributed by atoms with Crippen LogP contribution in [0.25, 0.3) is 11.4 Å². The van der Waals surface area contributed by atoms with E-state index in [2.05, 4.69) is 20.7 Å². The molecule has 0 aliphatic carbocycles. The van der Waals surface area contributed by atoms with E-state index >= 15 is 0 Å².